The molecule has 5 rings (SSSR count). The van der Waals surface area contributed by atoms with E-state index >= 15 is 0 Å². The van der Waals surface area contributed by atoms with Crippen LogP contribution in [-0.4, -0.2) is 64.9 Å². The maximum atomic E-state index is 13.3. The molecule has 8 heteroatoms. The number of dihydropyridines is 1. The van der Waals surface area contributed by atoms with Gasteiger partial charge in [-0.1, -0.05) is 18.2 Å². The summed E-state index contributed by atoms with van der Waals surface area (Å²) in [4.78, 5) is 17.7. The third kappa shape index (κ3) is 5.00. The van der Waals surface area contributed by atoms with E-state index in [1.165, 1.54) is 16.7 Å². The van der Waals surface area contributed by atoms with Gasteiger partial charge < -0.3 is 20.3 Å². The Morgan fingerprint density at radius 3 is 2.78 bits per heavy atom. The summed E-state index contributed by atoms with van der Waals surface area (Å²) < 4.78 is 5.33. The molecule has 192 valence electrons. The molecule has 1 aromatic heterocycles. The van der Waals surface area contributed by atoms with E-state index in [9.17, 15) is 4.79 Å². The van der Waals surface area contributed by atoms with E-state index in [2.05, 4.69) is 70.8 Å². The molecule has 36 heavy (non-hydrogen) atoms. The number of benzene rings is 1. The van der Waals surface area contributed by atoms with Crippen LogP contribution in [0, 0.1) is 13.8 Å². The number of methoxy groups -OCH3 is 1. The fraction of sp³-hybridized carbons (Fsp3) is 0.500. The standard InChI is InChI=1S/C28H38N6O2/c1-18-7-5-8-19(2)23(18)16-33-13-6-9-21(15-33)30-28(35)34-14-12-25-24(17-34)27(32-31-25)22-10-11-26(36-4)29-20(22)3/h5,7-8,10-11,20-21,29H,6,9,12-17H2,1-4H3,(H,30,35)(H,31,32). The molecule has 0 spiro atoms. The predicted molar refractivity (Wildman–Crippen MR) is 141 cm³/mol. The predicted octanol–water partition coefficient (Wildman–Crippen LogP) is 3.62. The van der Waals surface area contributed by atoms with Crippen molar-refractivity contribution < 1.29 is 9.53 Å². The molecular formula is C28H38N6O2. The molecule has 1 aromatic carbocycles. The highest BCUT2D eigenvalue weighted by Crippen LogP contribution is 2.29. The second kappa shape index (κ2) is 10.4. The topological polar surface area (TPSA) is 85.5 Å². The molecule has 1 fully saturated rings. The van der Waals surface area contributed by atoms with Gasteiger partial charge in [-0.05, 0) is 69.0 Å². The van der Waals surface area contributed by atoms with Crippen LogP contribution in [-0.2, 0) is 24.2 Å². The van der Waals surface area contributed by atoms with Crippen molar-refractivity contribution in [3.8, 4) is 0 Å². The van der Waals surface area contributed by atoms with E-state index in [0.29, 0.717) is 13.1 Å². The van der Waals surface area contributed by atoms with Crippen LogP contribution >= 0.6 is 0 Å². The number of carbonyl (C=O) groups excluding carboxylic acids is 1. The van der Waals surface area contributed by atoms with Crippen molar-refractivity contribution in [2.75, 3.05) is 26.7 Å². The third-order valence-electron chi connectivity index (χ3n) is 7.81. The van der Waals surface area contributed by atoms with Gasteiger partial charge >= 0.3 is 6.03 Å². The van der Waals surface area contributed by atoms with Gasteiger partial charge in [-0.2, -0.15) is 5.10 Å². The summed E-state index contributed by atoms with van der Waals surface area (Å²) in [5, 5.41) is 14.5. The number of aryl methyl sites for hydroxylation is 2. The van der Waals surface area contributed by atoms with Gasteiger partial charge in [0.05, 0.1) is 25.4 Å². The molecule has 3 aliphatic heterocycles. The number of nitrogens with one attached hydrogen (secondary N) is 3. The average Bonchev–Trinajstić information content (AvgIpc) is 3.29. The van der Waals surface area contributed by atoms with Crippen molar-refractivity contribution in [3.05, 3.63) is 69.9 Å². The van der Waals surface area contributed by atoms with Crippen molar-refractivity contribution in [2.24, 2.45) is 0 Å². The SMILES string of the molecule is COC1=CC=C(c2n[nH]c3c2CN(C(=O)NC2CCCN(Cc4c(C)cccc4C)C2)CC3)C(C)N1. The Labute approximate surface area is 213 Å². The number of nitrogens with zero attached hydrogens (tertiary/aromatic N) is 3. The Morgan fingerprint density at radius 2 is 2.03 bits per heavy atom. The lowest BCUT2D eigenvalue weighted by Crippen LogP contribution is -2.52. The number of amides is 2. The minimum Gasteiger partial charge on any atom is -0.483 e. The molecule has 2 aromatic rings. The molecule has 8 nitrogen and oxygen atoms in total. The number of hydrogen-bond donors (Lipinski definition) is 3. The van der Waals surface area contributed by atoms with Crippen LogP contribution in [0.25, 0.3) is 5.57 Å². The van der Waals surface area contributed by atoms with Gasteiger partial charge in [0.1, 0.15) is 0 Å². The second-order valence-corrected chi connectivity index (χ2v) is 10.3. The van der Waals surface area contributed by atoms with Crippen LogP contribution in [0.4, 0.5) is 4.79 Å². The Kier molecular flexibility index (Phi) is 7.05. The number of piperidine rings is 1. The molecule has 0 bridgehead atoms. The lowest BCUT2D eigenvalue weighted by Gasteiger charge is -2.36. The van der Waals surface area contributed by atoms with Crippen LogP contribution in [0.15, 0.2) is 36.2 Å². The second-order valence-electron chi connectivity index (χ2n) is 10.3. The largest absolute Gasteiger partial charge is 0.483 e. The highest BCUT2D eigenvalue weighted by Gasteiger charge is 2.30. The number of fused-ring (bicyclic) bond motifs is 1. The molecule has 0 radical (unpaired) electrons. The molecule has 2 atom stereocenters. The molecule has 0 aliphatic carbocycles. The number of hydrogen-bond acceptors (Lipinski definition) is 5. The van der Waals surface area contributed by atoms with Crippen molar-refractivity contribution in [1.82, 2.24) is 30.6 Å². The Hall–Kier alpha value is -3.26. The smallest absolute Gasteiger partial charge is 0.317 e. The van der Waals surface area contributed by atoms with Crippen molar-refractivity contribution in [1.29, 1.82) is 0 Å². The van der Waals surface area contributed by atoms with Gasteiger partial charge in [-0.3, -0.25) is 10.00 Å². The van der Waals surface area contributed by atoms with Gasteiger partial charge in [-0.15, -0.1) is 0 Å². The summed E-state index contributed by atoms with van der Waals surface area (Å²) in [6, 6.07) is 6.77. The first-order chi connectivity index (χ1) is 17.4. The highest BCUT2D eigenvalue weighted by molar-refractivity contribution is 5.76. The number of H-pyrrole nitrogens is 1. The number of rotatable bonds is 5. The van der Waals surface area contributed by atoms with E-state index in [1.807, 2.05) is 11.0 Å². The normalized spacial score (nSPS) is 22.3. The number of likely N-dealkylation sites (tertiary alicyclic amines) is 1. The van der Waals surface area contributed by atoms with E-state index in [-0.39, 0.29) is 18.1 Å². The van der Waals surface area contributed by atoms with Crippen molar-refractivity contribution in [3.63, 3.8) is 0 Å². The molecule has 3 N–H and O–H groups in total. The highest BCUT2D eigenvalue weighted by atomic mass is 16.5. The minimum atomic E-state index is 0.0251. The van der Waals surface area contributed by atoms with E-state index in [4.69, 9.17) is 4.74 Å². The van der Waals surface area contributed by atoms with Crippen molar-refractivity contribution >= 4 is 11.6 Å². The van der Waals surface area contributed by atoms with Crippen LogP contribution in [0.1, 0.15) is 53.4 Å². The summed E-state index contributed by atoms with van der Waals surface area (Å²) >= 11 is 0. The summed E-state index contributed by atoms with van der Waals surface area (Å²) in [7, 11) is 1.66. The molecular weight excluding hydrogens is 452 g/mol. The number of carbonyl (C=O) groups is 1. The monoisotopic (exact) mass is 490 g/mol. The molecule has 3 aliphatic rings. The molecule has 0 saturated carbocycles. The van der Waals surface area contributed by atoms with Gasteiger partial charge in [0, 0.05) is 48.9 Å². The maximum absolute atomic E-state index is 13.3. The first-order valence-corrected chi connectivity index (χ1v) is 13.0. The Morgan fingerprint density at radius 1 is 1.22 bits per heavy atom. The van der Waals surface area contributed by atoms with Gasteiger partial charge in [0.25, 0.3) is 0 Å². The van der Waals surface area contributed by atoms with E-state index in [0.717, 1.165) is 67.3 Å². The number of aromatic amines is 1. The van der Waals surface area contributed by atoms with Crippen molar-refractivity contribution in [2.45, 2.75) is 65.2 Å². The number of urea groups is 1. The third-order valence-corrected chi connectivity index (χ3v) is 7.81. The Balaban J connectivity index is 1.23. The van der Waals surface area contributed by atoms with E-state index < -0.39 is 0 Å². The van der Waals surface area contributed by atoms with Crippen LogP contribution in [0.2, 0.25) is 0 Å². The van der Waals surface area contributed by atoms with Crippen LogP contribution in [0.3, 0.4) is 0 Å². The maximum Gasteiger partial charge on any atom is 0.317 e. The van der Waals surface area contributed by atoms with Gasteiger partial charge in [-0.25, -0.2) is 4.79 Å². The average molecular weight is 491 g/mol. The van der Waals surface area contributed by atoms with Crippen LogP contribution < -0.4 is 10.6 Å². The van der Waals surface area contributed by atoms with Gasteiger partial charge in [0.2, 0.25) is 0 Å². The first kappa shape index (κ1) is 24.4. The zero-order valence-corrected chi connectivity index (χ0v) is 21.9. The molecule has 1 saturated heterocycles. The quantitative estimate of drug-likeness (QED) is 0.596. The summed E-state index contributed by atoms with van der Waals surface area (Å²) in [6.45, 7) is 10.6. The molecule has 2 amide bonds. The molecule has 2 unspecified atom stereocenters. The summed E-state index contributed by atoms with van der Waals surface area (Å²) in [5.74, 6) is 0.746. The number of aromatic nitrogens is 2. The fourth-order valence-corrected chi connectivity index (χ4v) is 5.67. The first-order valence-electron chi connectivity index (χ1n) is 13.0. The minimum absolute atomic E-state index is 0.0251. The van der Waals surface area contributed by atoms with E-state index in [1.54, 1.807) is 7.11 Å². The summed E-state index contributed by atoms with van der Waals surface area (Å²) in [5.41, 5.74) is 8.37. The lowest BCUT2D eigenvalue weighted by atomic mass is 9.96. The zero-order chi connectivity index (χ0) is 25.2. The van der Waals surface area contributed by atoms with Crippen LogP contribution in [0.5, 0.6) is 0 Å². The lowest BCUT2D eigenvalue weighted by molar-refractivity contribution is 0.160. The number of ether oxygens (including phenoxy) is 1. The zero-order valence-electron chi connectivity index (χ0n) is 21.9. The number of allylic oxidation sites excluding steroid dienone is 2. The molecule has 4 heterocycles. The Bertz CT molecular complexity index is 1160. The fourth-order valence-electron chi connectivity index (χ4n) is 5.67. The van der Waals surface area contributed by atoms with Gasteiger partial charge in [0.15, 0.2) is 5.88 Å². The summed E-state index contributed by atoms with van der Waals surface area (Å²) in [6.07, 6.45) is 6.89.